The zero-order valence-electron chi connectivity index (χ0n) is 30.3. The number of fused-ring (bicyclic) bond motifs is 10. The number of ketones is 2. The van der Waals surface area contributed by atoms with E-state index in [4.69, 9.17) is 0 Å². The molecule has 6 aliphatic carbocycles. The van der Waals surface area contributed by atoms with Crippen molar-refractivity contribution in [3.63, 3.8) is 0 Å². The number of para-hydroxylation sites is 4. The third-order valence-electron chi connectivity index (χ3n) is 15.1. The van der Waals surface area contributed by atoms with Crippen LogP contribution in [-0.2, 0) is 9.59 Å². The highest BCUT2D eigenvalue weighted by atomic mass is 16.1. The largest absolute Gasteiger partial charge is 0.338 e. The maximum Gasteiger partial charge on any atom is 0.140 e. The number of anilines is 4. The second-order valence-electron chi connectivity index (χ2n) is 17.2. The Balaban J connectivity index is 0.970. The van der Waals surface area contributed by atoms with Crippen molar-refractivity contribution in [3.8, 4) is 0 Å². The fourth-order valence-electron chi connectivity index (χ4n) is 13.4. The zero-order valence-corrected chi connectivity index (χ0v) is 30.3. The molecule has 0 bridgehead atoms. The molecular weight excluding hydrogens is 637 g/mol. The summed E-state index contributed by atoms with van der Waals surface area (Å²) in [5.74, 6) is 3.86. The van der Waals surface area contributed by atoms with E-state index in [1.165, 1.54) is 48.4 Å². The number of rotatable bonds is 6. The SMILES string of the molecule is O=C1C2CC(N(c3ccccc3)c3ccccc3)CCC2C2C3CCCCC3C3C4CCC(N(c5ccccc5)c5ccccc5)CC4C(=O)C3C12. The second kappa shape index (κ2) is 13.3. The third-order valence-corrected chi connectivity index (χ3v) is 15.1. The highest BCUT2D eigenvalue weighted by molar-refractivity contribution is 5.96. The first-order valence-corrected chi connectivity index (χ1v) is 20.5. The van der Waals surface area contributed by atoms with E-state index in [-0.39, 0.29) is 35.8 Å². The van der Waals surface area contributed by atoms with Gasteiger partial charge >= 0.3 is 0 Å². The number of hydrogen-bond donors (Lipinski definition) is 0. The van der Waals surface area contributed by atoms with Crippen molar-refractivity contribution in [1.82, 2.24) is 0 Å². The van der Waals surface area contributed by atoms with Crippen LogP contribution in [0, 0.1) is 59.2 Å². The number of nitrogens with zero attached hydrogens (tertiary/aromatic N) is 2. The van der Waals surface area contributed by atoms with Gasteiger partial charge in [-0.15, -0.1) is 0 Å². The van der Waals surface area contributed by atoms with Gasteiger partial charge in [-0.05, 0) is 135 Å². The van der Waals surface area contributed by atoms with Crippen LogP contribution < -0.4 is 9.80 Å². The summed E-state index contributed by atoms with van der Waals surface area (Å²) in [6, 6.07) is 43.7. The second-order valence-corrected chi connectivity index (χ2v) is 17.2. The van der Waals surface area contributed by atoms with Crippen molar-refractivity contribution in [2.24, 2.45) is 59.2 Å². The van der Waals surface area contributed by atoms with Gasteiger partial charge in [0, 0.05) is 58.5 Å². The Labute approximate surface area is 309 Å². The van der Waals surface area contributed by atoms with E-state index in [1.54, 1.807) is 0 Å². The molecule has 0 spiro atoms. The molecule has 0 aliphatic heterocycles. The number of carbonyl (C=O) groups is 2. The summed E-state index contributed by atoms with van der Waals surface area (Å²) in [5.41, 5.74) is 4.82. The minimum atomic E-state index is -0.0594. The lowest BCUT2D eigenvalue weighted by molar-refractivity contribution is -0.139. The molecule has 4 heteroatoms. The van der Waals surface area contributed by atoms with Crippen molar-refractivity contribution in [1.29, 1.82) is 0 Å². The molecule has 0 heterocycles. The van der Waals surface area contributed by atoms with Gasteiger partial charge in [0.15, 0.2) is 0 Å². The molecule has 6 fully saturated rings. The van der Waals surface area contributed by atoms with Crippen molar-refractivity contribution < 1.29 is 9.59 Å². The van der Waals surface area contributed by atoms with E-state index >= 15 is 9.59 Å². The van der Waals surface area contributed by atoms with Gasteiger partial charge in [0.05, 0.1) is 0 Å². The van der Waals surface area contributed by atoms with Crippen LogP contribution in [-0.4, -0.2) is 23.7 Å². The molecule has 6 saturated carbocycles. The lowest BCUT2D eigenvalue weighted by Gasteiger charge is -2.52. The molecule has 6 aliphatic rings. The summed E-state index contributed by atoms with van der Waals surface area (Å²) >= 11 is 0. The Bertz CT molecular complexity index is 1660. The molecule has 4 nitrogen and oxygen atoms in total. The Morgan fingerprint density at radius 3 is 1.04 bits per heavy atom. The molecule has 52 heavy (non-hydrogen) atoms. The Morgan fingerprint density at radius 2 is 0.712 bits per heavy atom. The van der Waals surface area contributed by atoms with Gasteiger partial charge in [0.1, 0.15) is 11.6 Å². The molecule has 0 amide bonds. The molecular formula is C48H52N2O2. The summed E-state index contributed by atoms with van der Waals surface area (Å²) in [4.78, 5) is 35.3. The highest BCUT2D eigenvalue weighted by Crippen LogP contribution is 2.67. The molecule has 12 atom stereocenters. The van der Waals surface area contributed by atoms with E-state index in [9.17, 15) is 0 Å². The quantitative estimate of drug-likeness (QED) is 0.202. The molecule has 12 unspecified atom stereocenters. The van der Waals surface area contributed by atoms with Crippen LogP contribution in [0.4, 0.5) is 22.7 Å². The van der Waals surface area contributed by atoms with Gasteiger partial charge in [-0.25, -0.2) is 0 Å². The number of hydrogen-bond acceptors (Lipinski definition) is 4. The number of carbonyl (C=O) groups excluding carboxylic acids is 2. The predicted octanol–water partition coefficient (Wildman–Crippen LogP) is 10.7. The monoisotopic (exact) mass is 688 g/mol. The van der Waals surface area contributed by atoms with Gasteiger partial charge in [0.2, 0.25) is 0 Å². The van der Waals surface area contributed by atoms with E-state index in [0.29, 0.717) is 47.1 Å². The van der Waals surface area contributed by atoms with Gasteiger partial charge in [-0.3, -0.25) is 9.59 Å². The van der Waals surface area contributed by atoms with Gasteiger partial charge in [-0.2, -0.15) is 0 Å². The van der Waals surface area contributed by atoms with Crippen molar-refractivity contribution in [2.75, 3.05) is 9.80 Å². The van der Waals surface area contributed by atoms with Gasteiger partial charge in [0.25, 0.3) is 0 Å². The summed E-state index contributed by atoms with van der Waals surface area (Å²) < 4.78 is 0. The van der Waals surface area contributed by atoms with E-state index in [1.807, 2.05) is 0 Å². The third kappa shape index (κ3) is 5.22. The first kappa shape index (κ1) is 32.5. The predicted molar refractivity (Wildman–Crippen MR) is 209 cm³/mol. The van der Waals surface area contributed by atoms with Crippen molar-refractivity contribution in [2.45, 2.75) is 76.3 Å². The topological polar surface area (TPSA) is 40.6 Å². The lowest BCUT2D eigenvalue weighted by atomic mass is 9.51. The molecule has 0 aromatic heterocycles. The number of benzene rings is 4. The van der Waals surface area contributed by atoms with Crippen LogP contribution in [0.3, 0.4) is 0 Å². The van der Waals surface area contributed by atoms with E-state index < -0.39 is 0 Å². The first-order valence-electron chi connectivity index (χ1n) is 20.5. The van der Waals surface area contributed by atoms with Crippen LogP contribution >= 0.6 is 0 Å². The summed E-state index contributed by atoms with van der Waals surface area (Å²) in [7, 11) is 0. The van der Waals surface area contributed by atoms with Crippen LogP contribution in [0.25, 0.3) is 0 Å². The van der Waals surface area contributed by atoms with Crippen LogP contribution in [0.2, 0.25) is 0 Å². The minimum absolute atomic E-state index is 0.0594. The average molecular weight is 689 g/mol. The molecule has 4 aromatic carbocycles. The summed E-state index contributed by atoms with van der Waals surface area (Å²) in [5, 5.41) is 0. The molecule has 0 saturated heterocycles. The normalized spacial score (nSPS) is 36.2. The van der Waals surface area contributed by atoms with Gasteiger partial charge < -0.3 is 9.80 Å². The smallest absolute Gasteiger partial charge is 0.140 e. The summed E-state index contributed by atoms with van der Waals surface area (Å²) in [6.45, 7) is 0. The zero-order chi connectivity index (χ0) is 34.8. The Morgan fingerprint density at radius 1 is 0.385 bits per heavy atom. The standard InChI is InChI=1S/C48H52N2O2/c51-47-41-29-35(49(31-15-5-1-6-16-31)32-17-7-2-8-18-32)25-27-39(41)43-37-23-13-14-24-38(37)44-40-28-26-36(30-42(40)48(52)46(44)45(43)47)50(33-19-9-3-10-20-33)34-21-11-4-12-22-34/h1-12,15-22,35-46H,13-14,23-30H2. The fourth-order valence-corrected chi connectivity index (χ4v) is 13.4. The highest BCUT2D eigenvalue weighted by Gasteiger charge is 2.68. The van der Waals surface area contributed by atoms with E-state index in [2.05, 4.69) is 131 Å². The molecule has 10 rings (SSSR count). The summed E-state index contributed by atoms with van der Waals surface area (Å²) in [6.07, 6.45) is 11.3. The van der Waals surface area contributed by atoms with Gasteiger partial charge in [-0.1, -0.05) is 85.6 Å². The maximum absolute atomic E-state index is 15.1. The fraction of sp³-hybridized carbons (Fsp3) is 0.458. The van der Waals surface area contributed by atoms with Crippen molar-refractivity contribution >= 4 is 34.3 Å². The van der Waals surface area contributed by atoms with Crippen LogP contribution in [0.1, 0.15) is 64.2 Å². The first-order chi connectivity index (χ1) is 25.7. The van der Waals surface area contributed by atoms with Crippen LogP contribution in [0.5, 0.6) is 0 Å². The Kier molecular flexibility index (Phi) is 8.33. The maximum atomic E-state index is 15.1. The molecule has 0 N–H and O–H groups in total. The lowest BCUT2D eigenvalue weighted by Crippen LogP contribution is -2.50. The molecule has 266 valence electrons. The average Bonchev–Trinajstić information content (AvgIpc) is 3.66. The van der Waals surface area contributed by atoms with Crippen molar-refractivity contribution in [3.05, 3.63) is 121 Å². The molecule has 0 radical (unpaired) electrons. The number of Topliss-reactive ketones (excluding diaryl/α,β-unsaturated/α-hetero) is 2. The minimum Gasteiger partial charge on any atom is -0.338 e. The Hall–Kier alpha value is -4.18. The molecule has 4 aromatic rings. The van der Waals surface area contributed by atoms with E-state index in [0.717, 1.165) is 38.5 Å². The van der Waals surface area contributed by atoms with Crippen LogP contribution in [0.15, 0.2) is 121 Å².